The van der Waals surface area contributed by atoms with Crippen LogP contribution >= 0.6 is 0 Å². The van der Waals surface area contributed by atoms with Crippen molar-refractivity contribution in [2.75, 3.05) is 25.9 Å². The normalized spacial score (nSPS) is 27.6. The molecule has 6 rings (SSSR count). The number of alkyl halides is 3. The molecule has 0 spiro atoms. The van der Waals surface area contributed by atoms with Crippen LogP contribution in [0.25, 0.3) is 22.1 Å². The van der Waals surface area contributed by atoms with E-state index < -0.39 is 23.9 Å². The van der Waals surface area contributed by atoms with E-state index >= 15 is 0 Å². The lowest BCUT2D eigenvalue weighted by Gasteiger charge is -2.38. The fourth-order valence-electron chi connectivity index (χ4n) is 6.53. The highest BCUT2D eigenvalue weighted by Gasteiger charge is 2.43. The Morgan fingerprint density at radius 2 is 1.87 bits per heavy atom. The van der Waals surface area contributed by atoms with Crippen LogP contribution in [-0.4, -0.2) is 72.0 Å². The number of aliphatic hydroxyl groups is 2. The molecule has 3 aromatic heterocycles. The van der Waals surface area contributed by atoms with E-state index in [4.69, 9.17) is 5.73 Å². The summed E-state index contributed by atoms with van der Waals surface area (Å²) in [7, 11) is 2.04. The number of H-pyrrole nitrogens is 1. The molecule has 2 fully saturated rings. The number of aliphatic hydroxyl groups excluding tert-OH is 2. The third-order valence-electron chi connectivity index (χ3n) is 8.46. The molecular weight excluding hydrogens is 511 g/mol. The molecule has 4 atom stereocenters. The van der Waals surface area contributed by atoms with Gasteiger partial charge in [-0.05, 0) is 62.4 Å². The highest BCUT2D eigenvalue weighted by molar-refractivity contribution is 5.86. The van der Waals surface area contributed by atoms with Crippen molar-refractivity contribution in [3.05, 3.63) is 48.2 Å². The first-order chi connectivity index (χ1) is 18.6. The standard InChI is InChI=1S/C27H32F3N7O2/c1-36(12-16-9-21(24(39)23(16)38)37-5-4-18-25(31)32-13-33-26(18)37)11-15-6-14(7-15)8-22-34-19-3-2-17(27(28,29)30)10-20(19)35-22/h2-5,10,13-16,21,23-24,38-39H,6-9,11-12H2,1H3,(H,34,35)(H2,31,32,33)/t14?,15?,16-,21-,23-,24+/m1/s1. The minimum atomic E-state index is -4.37. The Balaban J connectivity index is 1.01. The van der Waals surface area contributed by atoms with Crippen LogP contribution in [0.5, 0.6) is 0 Å². The molecule has 12 heteroatoms. The van der Waals surface area contributed by atoms with Gasteiger partial charge in [-0.2, -0.15) is 13.2 Å². The van der Waals surface area contributed by atoms with E-state index in [2.05, 4.69) is 24.8 Å². The molecule has 0 saturated heterocycles. The maximum absolute atomic E-state index is 13.0. The van der Waals surface area contributed by atoms with Crippen molar-refractivity contribution >= 4 is 27.9 Å². The minimum Gasteiger partial charge on any atom is -0.390 e. The molecule has 39 heavy (non-hydrogen) atoms. The average molecular weight is 544 g/mol. The molecule has 208 valence electrons. The smallest absolute Gasteiger partial charge is 0.390 e. The fraction of sp³-hybridized carbons (Fsp3) is 0.519. The van der Waals surface area contributed by atoms with Crippen molar-refractivity contribution in [2.45, 2.75) is 50.1 Å². The fourth-order valence-corrected chi connectivity index (χ4v) is 6.53. The van der Waals surface area contributed by atoms with Gasteiger partial charge in [-0.15, -0.1) is 0 Å². The van der Waals surface area contributed by atoms with Crippen molar-refractivity contribution in [2.24, 2.45) is 17.8 Å². The van der Waals surface area contributed by atoms with Gasteiger partial charge in [0.1, 0.15) is 29.7 Å². The Morgan fingerprint density at radius 3 is 2.64 bits per heavy atom. The number of benzene rings is 1. The van der Waals surface area contributed by atoms with E-state index in [0.717, 1.165) is 42.7 Å². The van der Waals surface area contributed by atoms with Crippen molar-refractivity contribution in [1.29, 1.82) is 0 Å². The lowest BCUT2D eigenvalue weighted by molar-refractivity contribution is -0.137. The van der Waals surface area contributed by atoms with Crippen molar-refractivity contribution < 1.29 is 23.4 Å². The van der Waals surface area contributed by atoms with Crippen molar-refractivity contribution in [3.8, 4) is 0 Å². The molecule has 4 aromatic rings. The van der Waals surface area contributed by atoms with E-state index in [-0.39, 0.29) is 12.0 Å². The predicted molar refractivity (Wildman–Crippen MR) is 140 cm³/mol. The summed E-state index contributed by atoms with van der Waals surface area (Å²) < 4.78 is 40.9. The summed E-state index contributed by atoms with van der Waals surface area (Å²) in [6.45, 7) is 1.54. The summed E-state index contributed by atoms with van der Waals surface area (Å²) in [5, 5.41) is 22.4. The van der Waals surface area contributed by atoms with Crippen LogP contribution in [0.1, 0.15) is 36.7 Å². The van der Waals surface area contributed by atoms with Gasteiger partial charge in [-0.25, -0.2) is 15.0 Å². The molecule has 2 saturated carbocycles. The van der Waals surface area contributed by atoms with Crippen LogP contribution in [0.15, 0.2) is 36.8 Å². The summed E-state index contributed by atoms with van der Waals surface area (Å²) in [6, 6.07) is 5.13. The van der Waals surface area contributed by atoms with Gasteiger partial charge in [-0.1, -0.05) is 0 Å². The van der Waals surface area contributed by atoms with Crippen LogP contribution in [0.4, 0.5) is 19.0 Å². The van der Waals surface area contributed by atoms with Crippen LogP contribution in [0.2, 0.25) is 0 Å². The maximum atomic E-state index is 13.0. The number of aromatic nitrogens is 5. The van der Waals surface area contributed by atoms with Crippen molar-refractivity contribution in [3.63, 3.8) is 0 Å². The molecule has 2 aliphatic rings. The topological polar surface area (TPSA) is 129 Å². The first-order valence-electron chi connectivity index (χ1n) is 13.2. The number of halogens is 3. The number of anilines is 1. The largest absolute Gasteiger partial charge is 0.416 e. The van der Waals surface area contributed by atoms with Crippen LogP contribution < -0.4 is 5.73 Å². The molecular formula is C27H32F3N7O2. The Morgan fingerprint density at radius 1 is 1.08 bits per heavy atom. The lowest BCUT2D eigenvalue weighted by Crippen LogP contribution is -2.39. The number of hydrogen-bond donors (Lipinski definition) is 4. The summed E-state index contributed by atoms with van der Waals surface area (Å²) in [5.74, 6) is 1.97. The minimum absolute atomic E-state index is 0.0837. The number of nitrogen functional groups attached to an aromatic ring is 1. The summed E-state index contributed by atoms with van der Waals surface area (Å²) in [6.07, 6.45) is 0.498. The monoisotopic (exact) mass is 543 g/mol. The molecule has 5 N–H and O–H groups in total. The van der Waals surface area contributed by atoms with Crippen LogP contribution in [-0.2, 0) is 12.6 Å². The quantitative estimate of drug-likeness (QED) is 0.281. The first kappa shape index (κ1) is 26.0. The zero-order valence-corrected chi connectivity index (χ0v) is 21.5. The van der Waals surface area contributed by atoms with E-state index in [1.807, 2.05) is 23.9 Å². The van der Waals surface area contributed by atoms with Gasteiger partial charge >= 0.3 is 6.18 Å². The van der Waals surface area contributed by atoms with Crippen molar-refractivity contribution in [1.82, 2.24) is 29.4 Å². The molecule has 0 aliphatic heterocycles. The molecule has 2 aliphatic carbocycles. The Labute approximate surface area is 222 Å². The second kappa shape index (κ2) is 9.76. The number of nitrogens with zero attached hydrogens (tertiary/aromatic N) is 5. The van der Waals surface area contributed by atoms with Gasteiger partial charge in [0, 0.05) is 31.6 Å². The predicted octanol–water partition coefficient (Wildman–Crippen LogP) is 3.39. The Bertz CT molecular complexity index is 1480. The lowest BCUT2D eigenvalue weighted by atomic mass is 9.73. The van der Waals surface area contributed by atoms with Crippen LogP contribution in [0, 0.1) is 17.8 Å². The van der Waals surface area contributed by atoms with E-state index in [0.29, 0.717) is 53.7 Å². The average Bonchev–Trinajstić information content (AvgIpc) is 3.54. The zero-order valence-electron chi connectivity index (χ0n) is 21.5. The van der Waals surface area contributed by atoms with Gasteiger partial charge in [0.15, 0.2) is 0 Å². The summed E-state index contributed by atoms with van der Waals surface area (Å²) in [4.78, 5) is 18.1. The van der Waals surface area contributed by atoms with Gasteiger partial charge in [0.2, 0.25) is 0 Å². The number of nitrogens with two attached hydrogens (primary N) is 1. The highest BCUT2D eigenvalue weighted by atomic mass is 19.4. The number of fused-ring (bicyclic) bond motifs is 2. The number of hydrogen-bond acceptors (Lipinski definition) is 7. The zero-order chi connectivity index (χ0) is 27.5. The van der Waals surface area contributed by atoms with Crippen LogP contribution in [0.3, 0.4) is 0 Å². The second-order valence-electron chi connectivity index (χ2n) is 11.3. The molecule has 9 nitrogen and oxygen atoms in total. The van der Waals surface area contributed by atoms with E-state index in [1.54, 1.807) is 0 Å². The number of nitrogens with one attached hydrogen (secondary N) is 1. The van der Waals surface area contributed by atoms with E-state index in [1.165, 1.54) is 12.4 Å². The summed E-state index contributed by atoms with van der Waals surface area (Å²) in [5.41, 5.74) is 6.89. The third kappa shape index (κ3) is 4.96. The SMILES string of the molecule is CN(CC1CC(Cc2nc3ccc(C(F)(F)F)cc3[nH]2)C1)C[C@H]1C[C@@H](n2ccc3c(N)ncnc32)[C@H](O)[C@@H]1O. The van der Waals surface area contributed by atoms with Gasteiger partial charge in [0.05, 0.1) is 34.1 Å². The van der Waals surface area contributed by atoms with Gasteiger partial charge in [-0.3, -0.25) is 0 Å². The van der Waals surface area contributed by atoms with Gasteiger partial charge in [0.25, 0.3) is 0 Å². The second-order valence-corrected chi connectivity index (χ2v) is 11.3. The first-order valence-corrected chi connectivity index (χ1v) is 13.2. The summed E-state index contributed by atoms with van der Waals surface area (Å²) >= 11 is 0. The Hall–Kier alpha value is -3.22. The molecule has 0 radical (unpaired) electrons. The number of aromatic amines is 1. The number of rotatable bonds is 7. The molecule has 1 aromatic carbocycles. The molecule has 3 heterocycles. The molecule has 0 unspecified atom stereocenters. The Kier molecular flexibility index (Phi) is 6.51. The molecule has 0 bridgehead atoms. The highest BCUT2D eigenvalue weighted by Crippen LogP contribution is 2.40. The van der Waals surface area contributed by atoms with Gasteiger partial charge < -0.3 is 30.4 Å². The molecule has 0 amide bonds. The third-order valence-corrected chi connectivity index (χ3v) is 8.46. The number of imidazole rings is 1. The van der Waals surface area contributed by atoms with E-state index in [9.17, 15) is 23.4 Å². The maximum Gasteiger partial charge on any atom is 0.416 e.